The van der Waals surface area contributed by atoms with Gasteiger partial charge in [0.1, 0.15) is 5.92 Å². The zero-order valence-electron chi connectivity index (χ0n) is 28.5. The summed E-state index contributed by atoms with van der Waals surface area (Å²) in [5.41, 5.74) is 3.58. The molecule has 53 heavy (non-hydrogen) atoms. The smallest absolute Gasteiger partial charge is 0.261 e. The van der Waals surface area contributed by atoms with Crippen molar-refractivity contribution in [2.45, 2.75) is 43.4 Å². The summed E-state index contributed by atoms with van der Waals surface area (Å²) in [4.78, 5) is 77.6. The molecule has 0 fully saturated rings. The molecule has 0 bridgehead atoms. The zero-order valence-corrected chi connectivity index (χ0v) is 29.4. The van der Waals surface area contributed by atoms with Crippen LogP contribution in [0, 0.1) is 0 Å². The average molecular weight is 718 g/mol. The number of thioether (sulfide) groups is 1. The largest absolute Gasteiger partial charge is 0.369 e. The lowest BCUT2D eigenvalue weighted by molar-refractivity contribution is 0.0597. The van der Waals surface area contributed by atoms with Crippen LogP contribution in [0.1, 0.15) is 101 Å². The molecule has 3 heterocycles. The van der Waals surface area contributed by atoms with Crippen LogP contribution < -0.4 is 4.90 Å². The second kappa shape index (κ2) is 12.6. The number of carbonyl (C=O) groups excluding carboxylic acids is 5. The Morgan fingerprint density at radius 1 is 0.717 bits per heavy atom. The van der Waals surface area contributed by atoms with Crippen LogP contribution in [0.2, 0.25) is 0 Å². The van der Waals surface area contributed by atoms with Gasteiger partial charge in [0.2, 0.25) is 0 Å². The molecular formula is C43H31N3O6S. The number of ketones is 2. The molecule has 2 atom stereocenters. The van der Waals surface area contributed by atoms with Crippen molar-refractivity contribution >= 4 is 68.4 Å². The first-order valence-corrected chi connectivity index (χ1v) is 18.5. The SMILES string of the molecule is CCCCSc1ccc2c(c1)C(=O)C(c1ccc3c(CN4C(=O)c5cccc6cccc(c56)C4=O)ccc(N4C(=O)c5ccccc5C4O)c3n1)C2=O. The monoisotopic (exact) mass is 717 g/mol. The van der Waals surface area contributed by atoms with Crippen molar-refractivity contribution in [3.63, 3.8) is 0 Å². The molecule has 260 valence electrons. The molecule has 3 aliphatic rings. The first-order valence-electron chi connectivity index (χ1n) is 17.5. The Bertz CT molecular complexity index is 2570. The van der Waals surface area contributed by atoms with E-state index in [4.69, 9.17) is 4.98 Å². The molecule has 10 heteroatoms. The molecule has 1 N–H and O–H groups in total. The second-order valence-corrected chi connectivity index (χ2v) is 14.7. The molecular weight excluding hydrogens is 687 g/mol. The van der Waals surface area contributed by atoms with Crippen LogP contribution in [0.15, 0.2) is 108 Å². The fourth-order valence-corrected chi connectivity index (χ4v) is 8.80. The van der Waals surface area contributed by atoms with Crippen molar-refractivity contribution in [3.05, 3.63) is 148 Å². The van der Waals surface area contributed by atoms with E-state index in [9.17, 15) is 29.1 Å². The van der Waals surface area contributed by atoms with Gasteiger partial charge in [-0.1, -0.05) is 67.9 Å². The van der Waals surface area contributed by atoms with Crippen molar-refractivity contribution < 1.29 is 29.1 Å². The van der Waals surface area contributed by atoms with Crippen molar-refractivity contribution in [1.82, 2.24) is 9.88 Å². The summed E-state index contributed by atoms with van der Waals surface area (Å²) in [5.74, 6) is -2.31. The van der Waals surface area contributed by atoms with E-state index >= 15 is 0 Å². The summed E-state index contributed by atoms with van der Waals surface area (Å²) in [6.07, 6.45) is 0.768. The number of aliphatic hydroxyl groups is 1. The van der Waals surface area contributed by atoms with Gasteiger partial charge in [0.25, 0.3) is 17.7 Å². The third kappa shape index (κ3) is 5.04. The minimum Gasteiger partial charge on any atom is -0.369 e. The molecule has 9 nitrogen and oxygen atoms in total. The predicted octanol–water partition coefficient (Wildman–Crippen LogP) is 7.89. The normalized spacial score (nSPS) is 17.7. The Kier molecular flexibility index (Phi) is 7.83. The fourth-order valence-electron chi connectivity index (χ4n) is 7.77. The van der Waals surface area contributed by atoms with Crippen molar-refractivity contribution in [1.29, 1.82) is 0 Å². The number of rotatable bonds is 8. The maximum absolute atomic E-state index is 13.9. The molecule has 1 aliphatic carbocycles. The number of unbranched alkanes of at least 4 members (excludes halogenated alkanes) is 1. The van der Waals surface area contributed by atoms with Gasteiger partial charge in [-0.05, 0) is 71.7 Å². The number of benzene rings is 5. The van der Waals surface area contributed by atoms with Gasteiger partial charge in [-0.25, -0.2) is 4.98 Å². The number of anilines is 1. The molecule has 2 unspecified atom stereocenters. The van der Waals surface area contributed by atoms with E-state index in [0.717, 1.165) is 28.9 Å². The topological polar surface area (TPSA) is 125 Å². The van der Waals surface area contributed by atoms with Crippen molar-refractivity contribution in [2.75, 3.05) is 10.7 Å². The van der Waals surface area contributed by atoms with Gasteiger partial charge in [0.15, 0.2) is 17.8 Å². The lowest BCUT2D eigenvalue weighted by atomic mass is 9.93. The lowest BCUT2D eigenvalue weighted by Gasteiger charge is -2.28. The van der Waals surface area contributed by atoms with Crippen LogP contribution >= 0.6 is 11.8 Å². The van der Waals surface area contributed by atoms with E-state index in [0.29, 0.717) is 49.7 Å². The quantitative estimate of drug-likeness (QED) is 0.0730. The van der Waals surface area contributed by atoms with E-state index in [1.807, 2.05) is 18.2 Å². The maximum Gasteiger partial charge on any atom is 0.261 e. The van der Waals surface area contributed by atoms with E-state index in [-0.39, 0.29) is 35.0 Å². The van der Waals surface area contributed by atoms with E-state index < -0.39 is 29.9 Å². The number of amides is 3. The third-order valence-corrected chi connectivity index (χ3v) is 11.5. The van der Waals surface area contributed by atoms with Crippen molar-refractivity contribution in [3.8, 4) is 0 Å². The zero-order chi connectivity index (χ0) is 36.5. The number of hydrogen-bond acceptors (Lipinski definition) is 8. The number of nitrogens with zero attached hydrogens (tertiary/aromatic N) is 3. The first kappa shape index (κ1) is 32.9. The standard InChI is InChI=1S/C43H31N3O6S/c1-2-3-20-53-25-15-16-27-32(21-25)39(48)36(38(27)47)33-18-17-26-24(22-45-40(49)30-12-6-8-23-9-7-13-31(35(23)30)41(45)50)14-19-34(37(26)44-33)46-42(51)28-10-4-5-11-29(28)43(46)52/h4-19,21,36,42,51H,2-3,20,22H2,1H3. The molecule has 3 amide bonds. The fraction of sp³-hybridized carbons (Fsp3) is 0.163. The number of aliphatic hydroxyl groups excluding tert-OH is 1. The Morgan fingerprint density at radius 2 is 1.43 bits per heavy atom. The van der Waals surface area contributed by atoms with Gasteiger partial charge in [0, 0.05) is 49.0 Å². The summed E-state index contributed by atoms with van der Waals surface area (Å²) < 4.78 is 0. The van der Waals surface area contributed by atoms with Crippen LogP contribution in [0.5, 0.6) is 0 Å². The highest BCUT2D eigenvalue weighted by molar-refractivity contribution is 7.99. The summed E-state index contributed by atoms with van der Waals surface area (Å²) in [6, 6.07) is 29.5. The summed E-state index contributed by atoms with van der Waals surface area (Å²) in [6.45, 7) is 2.01. The number of pyridine rings is 1. The maximum atomic E-state index is 13.9. The first-order chi connectivity index (χ1) is 25.8. The van der Waals surface area contributed by atoms with Crippen LogP contribution in [-0.4, -0.2) is 50.0 Å². The number of imide groups is 1. The van der Waals surface area contributed by atoms with Crippen LogP contribution in [0.4, 0.5) is 5.69 Å². The van der Waals surface area contributed by atoms with Gasteiger partial charge >= 0.3 is 0 Å². The molecule has 0 spiro atoms. The van der Waals surface area contributed by atoms with E-state index in [1.54, 1.807) is 96.7 Å². The molecule has 2 aliphatic heterocycles. The lowest BCUT2D eigenvalue weighted by Crippen LogP contribution is -2.39. The number of carbonyl (C=O) groups is 5. The molecule has 0 saturated carbocycles. The van der Waals surface area contributed by atoms with Gasteiger partial charge in [-0.3, -0.25) is 33.8 Å². The van der Waals surface area contributed by atoms with Crippen LogP contribution in [-0.2, 0) is 6.54 Å². The highest BCUT2D eigenvalue weighted by atomic mass is 32.2. The molecule has 0 radical (unpaired) electrons. The Hall–Kier alpha value is -5.97. The Morgan fingerprint density at radius 3 is 2.17 bits per heavy atom. The van der Waals surface area contributed by atoms with Crippen LogP contribution in [0.25, 0.3) is 21.7 Å². The van der Waals surface area contributed by atoms with Gasteiger partial charge in [0.05, 0.1) is 23.4 Å². The number of fused-ring (bicyclic) bond motifs is 3. The summed E-state index contributed by atoms with van der Waals surface area (Å²) in [5, 5.41) is 13.4. The van der Waals surface area contributed by atoms with Gasteiger partial charge < -0.3 is 5.11 Å². The van der Waals surface area contributed by atoms with E-state index in [1.165, 1.54) is 9.80 Å². The minimum atomic E-state index is -1.32. The molecule has 1 aromatic heterocycles. The molecule has 5 aromatic carbocycles. The second-order valence-electron chi connectivity index (χ2n) is 13.5. The molecule has 9 rings (SSSR count). The van der Waals surface area contributed by atoms with Crippen molar-refractivity contribution in [2.24, 2.45) is 0 Å². The number of Topliss-reactive ketones (excluding diaryl/α,β-unsaturated/α-hetero) is 2. The molecule has 0 saturated heterocycles. The minimum absolute atomic E-state index is 0.109. The third-order valence-electron chi connectivity index (χ3n) is 10.4. The highest BCUT2D eigenvalue weighted by Crippen LogP contribution is 2.42. The Labute approximate surface area is 308 Å². The van der Waals surface area contributed by atoms with Gasteiger partial charge in [-0.2, -0.15) is 0 Å². The highest BCUT2D eigenvalue weighted by Gasteiger charge is 2.42. The van der Waals surface area contributed by atoms with E-state index in [2.05, 4.69) is 6.92 Å². The summed E-state index contributed by atoms with van der Waals surface area (Å²) in [7, 11) is 0. The Balaban J connectivity index is 1.15. The number of aromatic nitrogens is 1. The number of hydrogen-bond donors (Lipinski definition) is 1. The predicted molar refractivity (Wildman–Crippen MR) is 202 cm³/mol. The summed E-state index contributed by atoms with van der Waals surface area (Å²) >= 11 is 1.64. The average Bonchev–Trinajstić information content (AvgIpc) is 3.58. The van der Waals surface area contributed by atoms with Gasteiger partial charge in [-0.15, -0.1) is 11.8 Å². The molecule has 6 aromatic rings. The van der Waals surface area contributed by atoms with Crippen LogP contribution in [0.3, 0.4) is 0 Å².